The SMILES string of the molecule is CC1CCCCn2c1nc1cc(-c3ccccn3)ccc1c2=O. The number of aromatic nitrogens is 3. The maximum Gasteiger partial charge on any atom is 0.261 e. The first kappa shape index (κ1) is 14.1. The van der Waals surface area contributed by atoms with Gasteiger partial charge in [0.15, 0.2) is 0 Å². The molecule has 23 heavy (non-hydrogen) atoms. The summed E-state index contributed by atoms with van der Waals surface area (Å²) in [5.74, 6) is 1.26. The molecule has 1 aliphatic rings. The van der Waals surface area contributed by atoms with E-state index in [9.17, 15) is 4.79 Å². The van der Waals surface area contributed by atoms with Gasteiger partial charge in [0.2, 0.25) is 0 Å². The van der Waals surface area contributed by atoms with Gasteiger partial charge >= 0.3 is 0 Å². The second kappa shape index (κ2) is 5.61. The zero-order valence-electron chi connectivity index (χ0n) is 13.2. The molecule has 116 valence electrons. The van der Waals surface area contributed by atoms with E-state index in [0.717, 1.165) is 48.4 Å². The standard InChI is InChI=1S/C19H19N3O/c1-13-6-3-5-11-22-18(13)21-17-12-14(8-9-15(17)19(22)23)16-7-2-4-10-20-16/h2,4,7-10,12-13H,3,5-6,11H2,1H3. The highest BCUT2D eigenvalue weighted by atomic mass is 16.1. The van der Waals surface area contributed by atoms with Crippen LogP contribution in [0.2, 0.25) is 0 Å². The molecule has 1 aliphatic heterocycles. The third kappa shape index (κ3) is 2.44. The lowest BCUT2D eigenvalue weighted by atomic mass is 10.0. The minimum absolute atomic E-state index is 0.0892. The summed E-state index contributed by atoms with van der Waals surface area (Å²) in [6.07, 6.45) is 5.08. The fourth-order valence-electron chi connectivity index (χ4n) is 3.37. The van der Waals surface area contributed by atoms with Gasteiger partial charge in [0.1, 0.15) is 5.82 Å². The topological polar surface area (TPSA) is 47.8 Å². The van der Waals surface area contributed by atoms with E-state index in [0.29, 0.717) is 11.3 Å². The smallest absolute Gasteiger partial charge is 0.261 e. The molecule has 4 rings (SSSR count). The van der Waals surface area contributed by atoms with Crippen molar-refractivity contribution in [3.63, 3.8) is 0 Å². The molecule has 1 atom stereocenters. The van der Waals surface area contributed by atoms with Crippen LogP contribution in [0.4, 0.5) is 0 Å². The number of hydrogen-bond acceptors (Lipinski definition) is 3. The lowest BCUT2D eigenvalue weighted by Crippen LogP contribution is -2.25. The monoisotopic (exact) mass is 305 g/mol. The van der Waals surface area contributed by atoms with Crippen molar-refractivity contribution in [2.45, 2.75) is 38.6 Å². The van der Waals surface area contributed by atoms with Crippen LogP contribution in [-0.4, -0.2) is 14.5 Å². The van der Waals surface area contributed by atoms with Crippen LogP contribution < -0.4 is 5.56 Å². The van der Waals surface area contributed by atoms with Crippen LogP contribution in [0.1, 0.15) is 37.9 Å². The molecule has 3 heterocycles. The van der Waals surface area contributed by atoms with Crippen LogP contribution in [0.15, 0.2) is 47.4 Å². The summed E-state index contributed by atoms with van der Waals surface area (Å²) in [4.78, 5) is 22.1. The van der Waals surface area contributed by atoms with Crippen molar-refractivity contribution in [3.05, 3.63) is 58.8 Å². The van der Waals surface area contributed by atoms with Gasteiger partial charge < -0.3 is 0 Å². The molecule has 0 saturated carbocycles. The maximum absolute atomic E-state index is 12.8. The van der Waals surface area contributed by atoms with Gasteiger partial charge in [-0.1, -0.05) is 25.5 Å². The van der Waals surface area contributed by atoms with Crippen molar-refractivity contribution in [3.8, 4) is 11.3 Å². The second-order valence-corrected chi connectivity index (χ2v) is 6.27. The lowest BCUT2D eigenvalue weighted by Gasteiger charge is -2.14. The number of nitrogens with zero attached hydrogens (tertiary/aromatic N) is 3. The number of pyridine rings is 1. The van der Waals surface area contributed by atoms with Gasteiger partial charge in [0.05, 0.1) is 16.6 Å². The summed E-state index contributed by atoms with van der Waals surface area (Å²) in [6.45, 7) is 2.95. The lowest BCUT2D eigenvalue weighted by molar-refractivity contribution is 0.613. The van der Waals surface area contributed by atoms with Crippen LogP contribution in [-0.2, 0) is 6.54 Å². The third-order valence-corrected chi connectivity index (χ3v) is 4.66. The molecule has 0 saturated heterocycles. The Bertz CT molecular complexity index is 915. The molecule has 0 fully saturated rings. The van der Waals surface area contributed by atoms with Gasteiger partial charge in [-0.05, 0) is 37.1 Å². The van der Waals surface area contributed by atoms with Crippen molar-refractivity contribution in [1.29, 1.82) is 0 Å². The first-order valence-corrected chi connectivity index (χ1v) is 8.20. The fraction of sp³-hybridized carbons (Fsp3) is 0.316. The third-order valence-electron chi connectivity index (χ3n) is 4.66. The summed E-state index contributed by atoms with van der Waals surface area (Å²) in [5, 5.41) is 0.697. The Balaban J connectivity index is 1.94. The molecular weight excluding hydrogens is 286 g/mol. The van der Waals surface area contributed by atoms with Crippen LogP contribution in [0.25, 0.3) is 22.2 Å². The van der Waals surface area contributed by atoms with Crippen LogP contribution in [0, 0.1) is 0 Å². The number of fused-ring (bicyclic) bond motifs is 2. The van der Waals surface area contributed by atoms with Crippen LogP contribution in [0.5, 0.6) is 0 Å². The van der Waals surface area contributed by atoms with Gasteiger partial charge in [0.25, 0.3) is 5.56 Å². The predicted molar refractivity (Wildman–Crippen MR) is 91.5 cm³/mol. The molecule has 0 spiro atoms. The molecule has 0 radical (unpaired) electrons. The van der Waals surface area contributed by atoms with E-state index in [-0.39, 0.29) is 5.56 Å². The Morgan fingerprint density at radius 1 is 1.17 bits per heavy atom. The van der Waals surface area contributed by atoms with E-state index < -0.39 is 0 Å². The minimum Gasteiger partial charge on any atom is -0.296 e. The summed E-state index contributed by atoms with van der Waals surface area (Å²) < 4.78 is 1.88. The summed E-state index contributed by atoms with van der Waals surface area (Å²) in [5.41, 5.74) is 2.76. The number of hydrogen-bond donors (Lipinski definition) is 0. The molecular formula is C19H19N3O. The van der Waals surface area contributed by atoms with E-state index in [1.54, 1.807) is 6.20 Å². The molecule has 1 aromatic carbocycles. The van der Waals surface area contributed by atoms with E-state index in [2.05, 4.69) is 11.9 Å². The Hall–Kier alpha value is -2.49. The van der Waals surface area contributed by atoms with Gasteiger partial charge in [-0.2, -0.15) is 0 Å². The zero-order chi connectivity index (χ0) is 15.8. The minimum atomic E-state index is 0.0892. The summed E-state index contributed by atoms with van der Waals surface area (Å²) in [7, 11) is 0. The summed E-state index contributed by atoms with van der Waals surface area (Å²) >= 11 is 0. The average molecular weight is 305 g/mol. The first-order valence-electron chi connectivity index (χ1n) is 8.20. The Kier molecular flexibility index (Phi) is 3.45. The molecule has 4 nitrogen and oxygen atoms in total. The van der Waals surface area contributed by atoms with Crippen LogP contribution in [0.3, 0.4) is 0 Å². The van der Waals surface area contributed by atoms with Gasteiger partial charge in [-0.25, -0.2) is 4.98 Å². The molecule has 0 amide bonds. The molecule has 0 aliphatic carbocycles. The second-order valence-electron chi connectivity index (χ2n) is 6.27. The van der Waals surface area contributed by atoms with Gasteiger partial charge in [-0.3, -0.25) is 14.3 Å². The Morgan fingerprint density at radius 3 is 2.91 bits per heavy atom. The Morgan fingerprint density at radius 2 is 2.09 bits per heavy atom. The molecule has 1 unspecified atom stereocenters. The maximum atomic E-state index is 12.8. The average Bonchev–Trinajstić information content (AvgIpc) is 2.78. The van der Waals surface area contributed by atoms with Crippen molar-refractivity contribution in [2.75, 3.05) is 0 Å². The van der Waals surface area contributed by atoms with Crippen molar-refractivity contribution < 1.29 is 0 Å². The van der Waals surface area contributed by atoms with Gasteiger partial charge in [-0.15, -0.1) is 0 Å². The van der Waals surface area contributed by atoms with Crippen molar-refractivity contribution >= 4 is 10.9 Å². The molecule has 4 heteroatoms. The van der Waals surface area contributed by atoms with E-state index in [1.807, 2.05) is 41.0 Å². The quantitative estimate of drug-likeness (QED) is 0.688. The highest BCUT2D eigenvalue weighted by molar-refractivity contribution is 5.83. The highest BCUT2D eigenvalue weighted by Crippen LogP contribution is 2.26. The van der Waals surface area contributed by atoms with Crippen LogP contribution >= 0.6 is 0 Å². The van der Waals surface area contributed by atoms with Gasteiger partial charge in [0, 0.05) is 24.2 Å². The molecule has 0 N–H and O–H groups in total. The predicted octanol–water partition coefficient (Wildman–Crippen LogP) is 3.75. The van der Waals surface area contributed by atoms with E-state index in [4.69, 9.17) is 4.98 Å². The zero-order valence-corrected chi connectivity index (χ0v) is 13.2. The van der Waals surface area contributed by atoms with E-state index >= 15 is 0 Å². The first-order chi connectivity index (χ1) is 11.2. The normalized spacial score (nSPS) is 17.7. The van der Waals surface area contributed by atoms with E-state index in [1.165, 1.54) is 0 Å². The largest absolute Gasteiger partial charge is 0.296 e. The summed E-state index contributed by atoms with van der Waals surface area (Å²) in [6, 6.07) is 11.7. The van der Waals surface area contributed by atoms with Crippen molar-refractivity contribution in [2.24, 2.45) is 0 Å². The number of benzene rings is 1. The molecule has 2 aromatic heterocycles. The molecule has 3 aromatic rings. The highest BCUT2D eigenvalue weighted by Gasteiger charge is 2.19. The fourth-order valence-corrected chi connectivity index (χ4v) is 3.37. The van der Waals surface area contributed by atoms with Crippen molar-refractivity contribution in [1.82, 2.24) is 14.5 Å². The number of rotatable bonds is 1. The Labute approximate surface area is 134 Å². The molecule has 0 bridgehead atoms.